The molecule has 1 aliphatic heterocycles. The number of carbonyl (C=O) groups is 1. The standard InChI is InChI=1S/C22H27NO4/c1-15-5-4-6-17(13-15)21(23-11-9-16(10-12-23)22(24)25)19-14-18(26-2)7-8-20(19)27-3/h4-8,13-14,16,21H,9-12H2,1-3H3,(H,24,25). The topological polar surface area (TPSA) is 59.0 Å². The van der Waals surface area contributed by atoms with E-state index in [4.69, 9.17) is 9.47 Å². The maximum absolute atomic E-state index is 11.3. The van der Waals surface area contributed by atoms with Crippen LogP contribution in [0.15, 0.2) is 42.5 Å². The molecule has 1 atom stereocenters. The van der Waals surface area contributed by atoms with E-state index in [0.29, 0.717) is 12.8 Å². The largest absolute Gasteiger partial charge is 0.497 e. The molecule has 0 bridgehead atoms. The highest BCUT2D eigenvalue weighted by Gasteiger charge is 2.31. The molecule has 0 radical (unpaired) electrons. The van der Waals surface area contributed by atoms with Crippen LogP contribution in [0.1, 0.15) is 35.6 Å². The van der Waals surface area contributed by atoms with Gasteiger partial charge in [-0.05, 0) is 56.6 Å². The fraction of sp³-hybridized carbons (Fsp3) is 0.409. The molecule has 1 N–H and O–H groups in total. The van der Waals surface area contributed by atoms with Gasteiger partial charge in [0.2, 0.25) is 0 Å². The number of methoxy groups -OCH3 is 2. The Balaban J connectivity index is 2.03. The zero-order chi connectivity index (χ0) is 19.4. The lowest BCUT2D eigenvalue weighted by Gasteiger charge is -2.37. The van der Waals surface area contributed by atoms with E-state index >= 15 is 0 Å². The van der Waals surface area contributed by atoms with Crippen molar-refractivity contribution in [1.29, 1.82) is 0 Å². The van der Waals surface area contributed by atoms with Gasteiger partial charge in [-0.25, -0.2) is 0 Å². The molecule has 5 nitrogen and oxygen atoms in total. The van der Waals surface area contributed by atoms with Crippen molar-refractivity contribution in [2.24, 2.45) is 5.92 Å². The summed E-state index contributed by atoms with van der Waals surface area (Å²) in [6.07, 6.45) is 1.31. The Bertz CT molecular complexity index is 797. The molecule has 3 rings (SSSR count). The Morgan fingerprint density at radius 2 is 1.85 bits per heavy atom. The molecule has 2 aromatic rings. The highest BCUT2D eigenvalue weighted by molar-refractivity contribution is 5.70. The van der Waals surface area contributed by atoms with E-state index in [1.165, 1.54) is 11.1 Å². The number of piperidine rings is 1. The molecule has 2 aromatic carbocycles. The third-order valence-electron chi connectivity index (χ3n) is 5.33. The van der Waals surface area contributed by atoms with Crippen LogP contribution >= 0.6 is 0 Å². The molecule has 1 saturated heterocycles. The molecule has 0 amide bonds. The lowest BCUT2D eigenvalue weighted by Crippen LogP contribution is -2.39. The SMILES string of the molecule is COc1ccc(OC)c(C(c2cccc(C)c2)N2CCC(C(=O)O)CC2)c1. The lowest BCUT2D eigenvalue weighted by molar-refractivity contribution is -0.143. The quantitative estimate of drug-likeness (QED) is 0.837. The van der Waals surface area contributed by atoms with Crippen LogP contribution in [0.5, 0.6) is 11.5 Å². The number of hydrogen-bond acceptors (Lipinski definition) is 4. The van der Waals surface area contributed by atoms with Crippen LogP contribution in [-0.4, -0.2) is 43.3 Å². The number of benzene rings is 2. The second-order valence-corrected chi connectivity index (χ2v) is 7.07. The van der Waals surface area contributed by atoms with E-state index in [1.54, 1.807) is 14.2 Å². The molecule has 5 heteroatoms. The van der Waals surface area contributed by atoms with E-state index in [1.807, 2.05) is 18.2 Å². The first-order chi connectivity index (χ1) is 13.0. The number of hydrogen-bond donors (Lipinski definition) is 1. The fourth-order valence-corrected chi connectivity index (χ4v) is 3.88. The number of rotatable bonds is 6. The average Bonchev–Trinajstić information content (AvgIpc) is 2.68. The third kappa shape index (κ3) is 4.25. The van der Waals surface area contributed by atoms with Crippen LogP contribution in [0, 0.1) is 12.8 Å². The maximum Gasteiger partial charge on any atom is 0.306 e. The molecule has 1 unspecified atom stereocenters. The number of carboxylic acid groups (broad SMARTS) is 1. The minimum Gasteiger partial charge on any atom is -0.497 e. The van der Waals surface area contributed by atoms with Gasteiger partial charge in [-0.1, -0.05) is 29.8 Å². The van der Waals surface area contributed by atoms with Crippen molar-refractivity contribution >= 4 is 5.97 Å². The number of ether oxygens (including phenoxy) is 2. The normalized spacial score (nSPS) is 16.7. The van der Waals surface area contributed by atoms with Gasteiger partial charge in [0.15, 0.2) is 0 Å². The summed E-state index contributed by atoms with van der Waals surface area (Å²) in [6.45, 7) is 3.55. The summed E-state index contributed by atoms with van der Waals surface area (Å²) in [5.41, 5.74) is 3.41. The average molecular weight is 369 g/mol. The summed E-state index contributed by atoms with van der Waals surface area (Å²) in [4.78, 5) is 13.7. The van der Waals surface area contributed by atoms with Crippen LogP contribution in [0.3, 0.4) is 0 Å². The lowest BCUT2D eigenvalue weighted by atomic mass is 9.90. The molecule has 27 heavy (non-hydrogen) atoms. The summed E-state index contributed by atoms with van der Waals surface area (Å²) >= 11 is 0. The Hall–Kier alpha value is -2.53. The van der Waals surface area contributed by atoms with E-state index in [-0.39, 0.29) is 12.0 Å². The molecule has 1 fully saturated rings. The molecular formula is C22H27NO4. The monoisotopic (exact) mass is 369 g/mol. The predicted molar refractivity (Wildman–Crippen MR) is 105 cm³/mol. The van der Waals surface area contributed by atoms with Gasteiger partial charge in [0.25, 0.3) is 0 Å². The number of nitrogens with zero attached hydrogens (tertiary/aromatic N) is 1. The van der Waals surface area contributed by atoms with Gasteiger partial charge < -0.3 is 14.6 Å². The van der Waals surface area contributed by atoms with Gasteiger partial charge in [0, 0.05) is 5.56 Å². The molecule has 1 heterocycles. The smallest absolute Gasteiger partial charge is 0.306 e. The van der Waals surface area contributed by atoms with Gasteiger partial charge >= 0.3 is 5.97 Å². The summed E-state index contributed by atoms with van der Waals surface area (Å²) in [5.74, 6) is 0.638. The van der Waals surface area contributed by atoms with Crippen molar-refractivity contribution in [3.8, 4) is 11.5 Å². The highest BCUT2D eigenvalue weighted by Crippen LogP contribution is 2.39. The number of aryl methyl sites for hydroxylation is 1. The Morgan fingerprint density at radius 3 is 2.44 bits per heavy atom. The molecule has 0 aliphatic carbocycles. The highest BCUT2D eigenvalue weighted by atomic mass is 16.5. The van der Waals surface area contributed by atoms with Crippen molar-refractivity contribution in [2.75, 3.05) is 27.3 Å². The number of likely N-dealkylation sites (tertiary alicyclic amines) is 1. The molecular weight excluding hydrogens is 342 g/mol. The predicted octanol–water partition coefficient (Wildman–Crippen LogP) is 3.90. The molecule has 0 spiro atoms. The molecule has 0 saturated carbocycles. The third-order valence-corrected chi connectivity index (χ3v) is 5.33. The Kier molecular flexibility index (Phi) is 6.01. The van der Waals surface area contributed by atoms with Crippen LogP contribution < -0.4 is 9.47 Å². The van der Waals surface area contributed by atoms with Crippen LogP contribution in [-0.2, 0) is 4.79 Å². The van der Waals surface area contributed by atoms with Crippen molar-refractivity contribution < 1.29 is 19.4 Å². The molecule has 144 valence electrons. The zero-order valence-electron chi connectivity index (χ0n) is 16.1. The van der Waals surface area contributed by atoms with Gasteiger partial charge in [-0.3, -0.25) is 9.69 Å². The van der Waals surface area contributed by atoms with E-state index in [9.17, 15) is 9.90 Å². The minimum atomic E-state index is -0.694. The summed E-state index contributed by atoms with van der Waals surface area (Å²) in [6, 6.07) is 14.3. The van der Waals surface area contributed by atoms with Gasteiger partial charge in [0.05, 0.1) is 26.2 Å². The maximum atomic E-state index is 11.3. The minimum absolute atomic E-state index is 0.00954. The summed E-state index contributed by atoms with van der Waals surface area (Å²) in [5, 5.41) is 9.33. The van der Waals surface area contributed by atoms with Crippen molar-refractivity contribution in [3.63, 3.8) is 0 Å². The van der Waals surface area contributed by atoms with Crippen molar-refractivity contribution in [3.05, 3.63) is 59.2 Å². The van der Waals surface area contributed by atoms with Crippen molar-refractivity contribution in [2.45, 2.75) is 25.8 Å². The van der Waals surface area contributed by atoms with Crippen molar-refractivity contribution in [1.82, 2.24) is 4.90 Å². The van der Waals surface area contributed by atoms with Crippen LogP contribution in [0.2, 0.25) is 0 Å². The first kappa shape index (κ1) is 19.2. The first-order valence-corrected chi connectivity index (χ1v) is 9.29. The van der Waals surface area contributed by atoms with Gasteiger partial charge in [0.1, 0.15) is 11.5 Å². The number of carboxylic acids is 1. The van der Waals surface area contributed by atoms with Gasteiger partial charge in [-0.2, -0.15) is 0 Å². The zero-order valence-corrected chi connectivity index (χ0v) is 16.1. The van der Waals surface area contributed by atoms with Crippen LogP contribution in [0.25, 0.3) is 0 Å². The fourth-order valence-electron chi connectivity index (χ4n) is 3.88. The summed E-state index contributed by atoms with van der Waals surface area (Å²) in [7, 11) is 3.33. The Morgan fingerprint density at radius 1 is 1.11 bits per heavy atom. The van der Waals surface area contributed by atoms with E-state index in [0.717, 1.165) is 30.2 Å². The second kappa shape index (κ2) is 8.44. The second-order valence-electron chi connectivity index (χ2n) is 7.07. The first-order valence-electron chi connectivity index (χ1n) is 9.29. The van der Waals surface area contributed by atoms with Crippen LogP contribution in [0.4, 0.5) is 0 Å². The number of aliphatic carboxylic acids is 1. The molecule has 1 aliphatic rings. The molecule has 0 aromatic heterocycles. The summed E-state index contributed by atoms with van der Waals surface area (Å²) < 4.78 is 11.1. The van der Waals surface area contributed by atoms with E-state index in [2.05, 4.69) is 36.1 Å². The van der Waals surface area contributed by atoms with E-state index < -0.39 is 5.97 Å². The Labute approximate surface area is 160 Å². The van der Waals surface area contributed by atoms with Gasteiger partial charge in [-0.15, -0.1) is 0 Å².